The van der Waals surface area contributed by atoms with Gasteiger partial charge in [0.25, 0.3) is 0 Å². The summed E-state index contributed by atoms with van der Waals surface area (Å²) in [7, 11) is 0. The minimum atomic E-state index is -0.549. The highest BCUT2D eigenvalue weighted by molar-refractivity contribution is 7.98. The van der Waals surface area contributed by atoms with E-state index >= 15 is 0 Å². The Morgan fingerprint density at radius 2 is 2.12 bits per heavy atom. The lowest BCUT2D eigenvalue weighted by molar-refractivity contribution is 0.465. The van der Waals surface area contributed by atoms with Crippen molar-refractivity contribution in [3.63, 3.8) is 0 Å². The summed E-state index contributed by atoms with van der Waals surface area (Å²) >= 11 is 1.62. The Labute approximate surface area is 98.6 Å². The van der Waals surface area contributed by atoms with E-state index in [4.69, 9.17) is 5.84 Å². The molecule has 0 heterocycles. The highest BCUT2D eigenvalue weighted by Crippen LogP contribution is 2.25. The van der Waals surface area contributed by atoms with Crippen molar-refractivity contribution in [3.8, 4) is 0 Å². The Morgan fingerprint density at radius 3 is 2.69 bits per heavy atom. The van der Waals surface area contributed by atoms with Gasteiger partial charge in [0, 0.05) is 5.56 Å². The number of rotatable bonds is 5. The Hall–Kier alpha value is -0.650. The lowest BCUT2D eigenvalue weighted by atomic mass is 10.0. The molecule has 1 atom stereocenters. The predicted molar refractivity (Wildman–Crippen MR) is 64.2 cm³/mol. The molecule has 0 aliphatic carbocycles. The second-order valence-electron chi connectivity index (χ2n) is 3.59. The summed E-state index contributed by atoms with van der Waals surface area (Å²) in [6.45, 7) is 1.61. The highest BCUT2D eigenvalue weighted by atomic mass is 32.2. The number of benzene rings is 1. The van der Waals surface area contributed by atoms with E-state index in [0.29, 0.717) is 12.0 Å². The smallest absolute Gasteiger partial charge is 0.133 e. The molecule has 90 valence electrons. The summed E-state index contributed by atoms with van der Waals surface area (Å²) in [5.41, 5.74) is 2.94. The molecule has 0 amide bonds. The molecule has 1 aromatic carbocycles. The van der Waals surface area contributed by atoms with Gasteiger partial charge in [-0.3, -0.25) is 11.3 Å². The van der Waals surface area contributed by atoms with Gasteiger partial charge in [-0.25, -0.2) is 8.78 Å². The number of thioether (sulfide) groups is 1. The molecular formula is C11H16F2N2S. The zero-order valence-electron chi connectivity index (χ0n) is 9.39. The van der Waals surface area contributed by atoms with Crippen LogP contribution in [0.2, 0.25) is 0 Å². The summed E-state index contributed by atoms with van der Waals surface area (Å²) in [5.74, 6) is 5.08. The maximum absolute atomic E-state index is 13.8. The molecule has 1 unspecified atom stereocenters. The molecule has 1 rings (SSSR count). The van der Waals surface area contributed by atoms with E-state index in [1.54, 1.807) is 18.7 Å². The van der Waals surface area contributed by atoms with Crippen LogP contribution in [0.25, 0.3) is 0 Å². The van der Waals surface area contributed by atoms with Crippen LogP contribution in [0.1, 0.15) is 23.6 Å². The van der Waals surface area contributed by atoms with Crippen molar-refractivity contribution in [2.45, 2.75) is 19.4 Å². The Bertz CT molecular complexity index is 358. The second kappa shape index (κ2) is 6.18. The molecular weight excluding hydrogens is 230 g/mol. The lowest BCUT2D eigenvalue weighted by Crippen LogP contribution is -2.30. The quantitative estimate of drug-likeness (QED) is 0.619. The molecule has 0 bridgehead atoms. The van der Waals surface area contributed by atoms with Gasteiger partial charge in [0.15, 0.2) is 0 Å². The van der Waals surface area contributed by atoms with Crippen LogP contribution in [0.15, 0.2) is 12.1 Å². The van der Waals surface area contributed by atoms with Gasteiger partial charge < -0.3 is 0 Å². The molecule has 0 aromatic heterocycles. The van der Waals surface area contributed by atoms with Gasteiger partial charge in [0.05, 0.1) is 6.04 Å². The number of hydrogen-bond acceptors (Lipinski definition) is 3. The first kappa shape index (κ1) is 13.4. The Kier molecular flexibility index (Phi) is 5.18. The molecule has 1 aromatic rings. The zero-order valence-corrected chi connectivity index (χ0v) is 10.2. The van der Waals surface area contributed by atoms with Crippen LogP contribution in [0.4, 0.5) is 8.78 Å². The van der Waals surface area contributed by atoms with E-state index in [0.717, 1.165) is 5.75 Å². The van der Waals surface area contributed by atoms with Gasteiger partial charge in [-0.2, -0.15) is 11.8 Å². The van der Waals surface area contributed by atoms with Crippen LogP contribution in [0.5, 0.6) is 0 Å². The normalized spacial score (nSPS) is 12.8. The summed E-state index contributed by atoms with van der Waals surface area (Å²) in [5, 5.41) is 0. The van der Waals surface area contributed by atoms with Crippen LogP contribution in [0, 0.1) is 18.6 Å². The average molecular weight is 246 g/mol. The minimum Gasteiger partial charge on any atom is -0.271 e. The topological polar surface area (TPSA) is 38.0 Å². The summed E-state index contributed by atoms with van der Waals surface area (Å²) in [6.07, 6.45) is 2.53. The first-order valence-electron chi connectivity index (χ1n) is 5.01. The van der Waals surface area contributed by atoms with Crippen molar-refractivity contribution in [2.24, 2.45) is 5.84 Å². The number of nitrogens with two attached hydrogens (primary N) is 1. The molecule has 16 heavy (non-hydrogen) atoms. The standard InChI is InChI=1S/C11H16F2N2S/c1-7-3-4-8(12)10(11(7)13)9(15-14)5-6-16-2/h3-4,9,15H,5-6,14H2,1-2H3. The first-order chi connectivity index (χ1) is 7.61. The molecule has 0 aliphatic rings. The van der Waals surface area contributed by atoms with Crippen LogP contribution in [-0.4, -0.2) is 12.0 Å². The molecule has 3 N–H and O–H groups in total. The van der Waals surface area contributed by atoms with E-state index in [1.807, 2.05) is 6.26 Å². The lowest BCUT2D eigenvalue weighted by Gasteiger charge is -2.18. The van der Waals surface area contributed by atoms with Gasteiger partial charge in [0.2, 0.25) is 0 Å². The van der Waals surface area contributed by atoms with Crippen molar-refractivity contribution < 1.29 is 8.78 Å². The SMILES string of the molecule is CSCCC(NN)c1c(F)ccc(C)c1F. The van der Waals surface area contributed by atoms with E-state index in [-0.39, 0.29) is 5.56 Å². The first-order valence-corrected chi connectivity index (χ1v) is 6.40. The minimum absolute atomic E-state index is 0.0385. The number of aryl methyl sites for hydroxylation is 1. The van der Waals surface area contributed by atoms with Gasteiger partial charge in [-0.05, 0) is 37.0 Å². The van der Waals surface area contributed by atoms with Gasteiger partial charge in [0.1, 0.15) is 11.6 Å². The van der Waals surface area contributed by atoms with E-state index < -0.39 is 17.7 Å². The number of hydrogen-bond donors (Lipinski definition) is 2. The highest BCUT2D eigenvalue weighted by Gasteiger charge is 2.20. The van der Waals surface area contributed by atoms with Crippen molar-refractivity contribution >= 4 is 11.8 Å². The fraction of sp³-hybridized carbons (Fsp3) is 0.455. The van der Waals surface area contributed by atoms with Crippen LogP contribution in [-0.2, 0) is 0 Å². The van der Waals surface area contributed by atoms with Crippen LogP contribution >= 0.6 is 11.8 Å². The van der Waals surface area contributed by atoms with Crippen molar-refractivity contribution in [1.82, 2.24) is 5.43 Å². The molecule has 0 saturated carbocycles. The van der Waals surface area contributed by atoms with E-state index in [1.165, 1.54) is 12.1 Å². The van der Waals surface area contributed by atoms with E-state index in [9.17, 15) is 8.78 Å². The predicted octanol–water partition coefficient (Wildman–Crippen LogP) is 2.53. The van der Waals surface area contributed by atoms with Gasteiger partial charge >= 0.3 is 0 Å². The molecule has 0 aliphatic heterocycles. The van der Waals surface area contributed by atoms with Crippen molar-refractivity contribution in [1.29, 1.82) is 0 Å². The summed E-state index contributed by atoms with van der Waals surface area (Å²) < 4.78 is 27.3. The molecule has 2 nitrogen and oxygen atoms in total. The summed E-state index contributed by atoms with van der Waals surface area (Å²) in [4.78, 5) is 0. The molecule has 0 saturated heterocycles. The third kappa shape index (κ3) is 2.93. The molecule has 5 heteroatoms. The molecule has 0 radical (unpaired) electrons. The van der Waals surface area contributed by atoms with Gasteiger partial charge in [-0.15, -0.1) is 0 Å². The van der Waals surface area contributed by atoms with Gasteiger partial charge in [-0.1, -0.05) is 6.07 Å². The number of hydrazine groups is 1. The third-order valence-electron chi connectivity index (χ3n) is 2.48. The molecule has 0 fully saturated rings. The number of halogens is 2. The number of nitrogens with one attached hydrogen (secondary N) is 1. The average Bonchev–Trinajstić information content (AvgIpc) is 2.28. The zero-order chi connectivity index (χ0) is 12.1. The maximum Gasteiger partial charge on any atom is 0.133 e. The van der Waals surface area contributed by atoms with Crippen LogP contribution in [0.3, 0.4) is 0 Å². The van der Waals surface area contributed by atoms with E-state index in [2.05, 4.69) is 5.43 Å². The van der Waals surface area contributed by atoms with Crippen molar-refractivity contribution in [3.05, 3.63) is 34.9 Å². The second-order valence-corrected chi connectivity index (χ2v) is 4.58. The summed E-state index contributed by atoms with van der Waals surface area (Å²) in [6, 6.07) is 2.22. The fourth-order valence-electron chi connectivity index (χ4n) is 1.54. The van der Waals surface area contributed by atoms with Crippen molar-refractivity contribution in [2.75, 3.05) is 12.0 Å². The monoisotopic (exact) mass is 246 g/mol. The Morgan fingerprint density at radius 1 is 1.44 bits per heavy atom. The van der Waals surface area contributed by atoms with Crippen LogP contribution < -0.4 is 11.3 Å². The maximum atomic E-state index is 13.8. The third-order valence-corrected chi connectivity index (χ3v) is 3.12. The molecule has 0 spiro atoms. The Balaban J connectivity index is 3.03. The fourth-order valence-corrected chi connectivity index (χ4v) is 2.02. The largest absolute Gasteiger partial charge is 0.271 e.